The molecule has 0 amide bonds. The fourth-order valence-corrected chi connectivity index (χ4v) is 1.50. The molecule has 0 aliphatic rings. The minimum absolute atomic E-state index is 0.322. The van der Waals surface area contributed by atoms with Gasteiger partial charge in [-0.1, -0.05) is 6.07 Å². The Labute approximate surface area is 73.6 Å². The summed E-state index contributed by atoms with van der Waals surface area (Å²) >= 11 is 1.26. The molecule has 3 nitrogen and oxygen atoms in total. The summed E-state index contributed by atoms with van der Waals surface area (Å²) in [4.78, 5) is 22.2. The quantitative estimate of drug-likeness (QED) is 0.574. The predicted octanol–water partition coefficient (Wildman–Crippen LogP) is 1.65. The highest BCUT2D eigenvalue weighted by Gasteiger charge is 2.22. The van der Waals surface area contributed by atoms with Crippen LogP contribution >= 0.6 is 11.3 Å². The Bertz CT molecular complexity index is 289. The average molecular weight is 184 g/mol. The summed E-state index contributed by atoms with van der Waals surface area (Å²) in [6.07, 6.45) is 0. The number of hydrogen-bond donors (Lipinski definition) is 1. The zero-order valence-corrected chi connectivity index (χ0v) is 7.30. The molecule has 0 radical (unpaired) electrons. The number of carbonyl (C=O) groups is 2. The molecule has 1 aromatic rings. The molecule has 0 fully saturated rings. The molecule has 0 spiro atoms. The molecule has 4 heteroatoms. The lowest BCUT2D eigenvalue weighted by Crippen LogP contribution is -2.19. The van der Waals surface area contributed by atoms with Gasteiger partial charge in [-0.05, 0) is 18.4 Å². The van der Waals surface area contributed by atoms with Crippen molar-refractivity contribution in [1.82, 2.24) is 0 Å². The van der Waals surface area contributed by atoms with Gasteiger partial charge in [-0.2, -0.15) is 0 Å². The summed E-state index contributed by atoms with van der Waals surface area (Å²) < 4.78 is 0. The van der Waals surface area contributed by atoms with Crippen LogP contribution in [0.2, 0.25) is 0 Å². The smallest absolute Gasteiger partial charge is 0.314 e. The van der Waals surface area contributed by atoms with Crippen molar-refractivity contribution in [1.29, 1.82) is 0 Å². The number of rotatable bonds is 3. The number of carbonyl (C=O) groups excluding carboxylic acids is 1. The number of carboxylic acids is 1. The SMILES string of the molecule is C[C@@H](C(=O)O)C(=O)c1cccs1. The van der Waals surface area contributed by atoms with Gasteiger partial charge < -0.3 is 5.11 Å². The van der Waals surface area contributed by atoms with Gasteiger partial charge >= 0.3 is 5.97 Å². The fraction of sp³-hybridized carbons (Fsp3) is 0.250. The Morgan fingerprint density at radius 2 is 2.25 bits per heavy atom. The van der Waals surface area contributed by atoms with Gasteiger partial charge in [-0.3, -0.25) is 9.59 Å². The van der Waals surface area contributed by atoms with Gasteiger partial charge in [0.05, 0.1) is 4.88 Å². The minimum Gasteiger partial charge on any atom is -0.481 e. The van der Waals surface area contributed by atoms with Crippen LogP contribution < -0.4 is 0 Å². The fourth-order valence-electron chi connectivity index (χ4n) is 0.744. The van der Waals surface area contributed by atoms with Crippen molar-refractivity contribution >= 4 is 23.1 Å². The summed E-state index contributed by atoms with van der Waals surface area (Å²) in [7, 11) is 0. The topological polar surface area (TPSA) is 54.4 Å². The first kappa shape index (κ1) is 8.93. The van der Waals surface area contributed by atoms with E-state index in [0.717, 1.165) is 0 Å². The largest absolute Gasteiger partial charge is 0.481 e. The molecule has 1 heterocycles. The molecule has 64 valence electrons. The van der Waals surface area contributed by atoms with E-state index in [2.05, 4.69) is 0 Å². The zero-order chi connectivity index (χ0) is 9.14. The highest BCUT2D eigenvalue weighted by Crippen LogP contribution is 2.14. The standard InChI is InChI=1S/C8H8O3S/c1-5(8(10)11)7(9)6-3-2-4-12-6/h2-5H,1H3,(H,10,11)/t5-/m1/s1. The van der Waals surface area contributed by atoms with Crippen LogP contribution in [0.1, 0.15) is 16.6 Å². The Balaban J connectivity index is 2.79. The lowest BCUT2D eigenvalue weighted by atomic mass is 10.1. The van der Waals surface area contributed by atoms with E-state index in [9.17, 15) is 9.59 Å². The van der Waals surface area contributed by atoms with Gasteiger partial charge in [0.2, 0.25) is 0 Å². The van der Waals surface area contributed by atoms with Gasteiger partial charge in [-0.15, -0.1) is 11.3 Å². The summed E-state index contributed by atoms with van der Waals surface area (Å²) in [5.41, 5.74) is 0. The van der Waals surface area contributed by atoms with Crippen LogP contribution in [0.3, 0.4) is 0 Å². The normalized spacial score (nSPS) is 12.4. The lowest BCUT2D eigenvalue weighted by molar-refractivity contribution is -0.139. The molecule has 1 N–H and O–H groups in total. The molecule has 0 saturated carbocycles. The summed E-state index contributed by atoms with van der Waals surface area (Å²) in [5.74, 6) is -2.34. The molecular weight excluding hydrogens is 176 g/mol. The van der Waals surface area contributed by atoms with Crippen LogP contribution in [0.15, 0.2) is 17.5 Å². The number of hydrogen-bond acceptors (Lipinski definition) is 3. The maximum absolute atomic E-state index is 11.3. The summed E-state index contributed by atoms with van der Waals surface area (Å²) in [6.45, 7) is 1.39. The second-order valence-corrected chi connectivity index (χ2v) is 3.35. The molecule has 0 aliphatic carbocycles. The van der Waals surface area contributed by atoms with Gasteiger partial charge in [0.1, 0.15) is 5.92 Å². The van der Waals surface area contributed by atoms with Crippen LogP contribution in [0.5, 0.6) is 0 Å². The molecule has 12 heavy (non-hydrogen) atoms. The van der Waals surface area contributed by atoms with E-state index in [1.54, 1.807) is 17.5 Å². The van der Waals surface area contributed by atoms with Crippen molar-refractivity contribution < 1.29 is 14.7 Å². The predicted molar refractivity (Wildman–Crippen MR) is 45.4 cm³/mol. The second-order valence-electron chi connectivity index (χ2n) is 2.40. The monoisotopic (exact) mass is 184 g/mol. The summed E-state index contributed by atoms with van der Waals surface area (Å²) in [5, 5.41) is 10.3. The summed E-state index contributed by atoms with van der Waals surface area (Å²) in [6, 6.07) is 3.36. The molecule has 1 rings (SSSR count). The van der Waals surface area contributed by atoms with Gasteiger partial charge in [0.15, 0.2) is 5.78 Å². The maximum atomic E-state index is 11.3. The van der Waals surface area contributed by atoms with E-state index < -0.39 is 11.9 Å². The van der Waals surface area contributed by atoms with Crippen LogP contribution in [0.25, 0.3) is 0 Å². The molecule has 0 aromatic carbocycles. The average Bonchev–Trinajstić information content (AvgIpc) is 2.53. The third-order valence-electron chi connectivity index (χ3n) is 1.53. The second kappa shape index (κ2) is 3.49. The van der Waals surface area contributed by atoms with Crippen LogP contribution in [0, 0.1) is 5.92 Å². The van der Waals surface area contributed by atoms with Crippen LogP contribution in [-0.4, -0.2) is 16.9 Å². The maximum Gasteiger partial charge on any atom is 0.314 e. The molecular formula is C8H8O3S. The molecule has 0 bridgehead atoms. The molecule has 1 aromatic heterocycles. The van der Waals surface area contributed by atoms with Crippen LogP contribution in [0.4, 0.5) is 0 Å². The van der Waals surface area contributed by atoms with Gasteiger partial charge in [0, 0.05) is 0 Å². The lowest BCUT2D eigenvalue weighted by Gasteiger charge is -2.01. The van der Waals surface area contributed by atoms with Crippen molar-refractivity contribution in [3.63, 3.8) is 0 Å². The number of Topliss-reactive ketones (excluding diaryl/α,β-unsaturated/α-hetero) is 1. The van der Waals surface area contributed by atoms with Crippen molar-refractivity contribution in [2.24, 2.45) is 5.92 Å². The Kier molecular flexibility index (Phi) is 2.60. The first-order chi connectivity index (χ1) is 5.63. The third kappa shape index (κ3) is 1.71. The Morgan fingerprint density at radius 1 is 1.58 bits per heavy atom. The van der Waals surface area contributed by atoms with Crippen molar-refractivity contribution in [3.8, 4) is 0 Å². The third-order valence-corrected chi connectivity index (χ3v) is 2.41. The van der Waals surface area contributed by atoms with E-state index in [4.69, 9.17) is 5.11 Å². The minimum atomic E-state index is -1.08. The molecule has 0 unspecified atom stereocenters. The number of thiophene rings is 1. The molecule has 0 saturated heterocycles. The zero-order valence-electron chi connectivity index (χ0n) is 6.48. The van der Waals surface area contributed by atoms with E-state index in [-0.39, 0.29) is 5.78 Å². The Morgan fingerprint density at radius 3 is 2.67 bits per heavy atom. The first-order valence-electron chi connectivity index (χ1n) is 3.43. The number of carboxylic acid groups (broad SMARTS) is 1. The van der Waals surface area contributed by atoms with E-state index in [1.165, 1.54) is 18.3 Å². The van der Waals surface area contributed by atoms with Gasteiger partial charge in [-0.25, -0.2) is 0 Å². The van der Waals surface area contributed by atoms with E-state index in [0.29, 0.717) is 4.88 Å². The number of aliphatic carboxylic acids is 1. The van der Waals surface area contributed by atoms with E-state index in [1.807, 2.05) is 0 Å². The number of ketones is 1. The van der Waals surface area contributed by atoms with Crippen molar-refractivity contribution in [2.45, 2.75) is 6.92 Å². The highest BCUT2D eigenvalue weighted by atomic mass is 32.1. The van der Waals surface area contributed by atoms with Crippen molar-refractivity contribution in [3.05, 3.63) is 22.4 Å². The Hall–Kier alpha value is -1.16. The molecule has 0 aliphatic heterocycles. The van der Waals surface area contributed by atoms with Crippen LogP contribution in [-0.2, 0) is 4.79 Å². The highest BCUT2D eigenvalue weighted by molar-refractivity contribution is 7.12. The van der Waals surface area contributed by atoms with Crippen molar-refractivity contribution in [2.75, 3.05) is 0 Å². The van der Waals surface area contributed by atoms with E-state index >= 15 is 0 Å². The first-order valence-corrected chi connectivity index (χ1v) is 4.31. The molecule has 1 atom stereocenters. The van der Waals surface area contributed by atoms with Gasteiger partial charge in [0.25, 0.3) is 0 Å².